The van der Waals surface area contributed by atoms with Crippen LogP contribution in [-0.2, 0) is 24.3 Å². The van der Waals surface area contributed by atoms with Gasteiger partial charge in [0, 0.05) is 44.2 Å². The van der Waals surface area contributed by atoms with Crippen molar-refractivity contribution >= 4 is 23.6 Å². The molecule has 4 amide bonds. The summed E-state index contributed by atoms with van der Waals surface area (Å²) in [5.74, 6) is 0.842. The Morgan fingerprint density at radius 2 is 1.43 bits per heavy atom. The van der Waals surface area contributed by atoms with E-state index >= 15 is 0 Å². The first-order chi connectivity index (χ1) is 30.3. The number of likely N-dealkylation sites (tertiary alicyclic amines) is 1. The van der Waals surface area contributed by atoms with E-state index in [1.165, 1.54) is 47.9 Å². The highest BCUT2D eigenvalue weighted by atomic mass is 16.5. The normalized spacial score (nSPS) is 24.9. The number of aliphatic hydroxyl groups excluding tert-OH is 1. The summed E-state index contributed by atoms with van der Waals surface area (Å²) in [6.07, 6.45) is 8.46. The molecule has 2 N–H and O–H groups in total. The number of aliphatic hydroxyl groups is 1. The molecule has 3 fully saturated rings. The van der Waals surface area contributed by atoms with Gasteiger partial charge < -0.3 is 20.1 Å². The van der Waals surface area contributed by atoms with Gasteiger partial charge in [-0.05, 0) is 172 Å². The quantitative estimate of drug-likeness (QED) is 0.180. The van der Waals surface area contributed by atoms with Crippen molar-refractivity contribution < 1.29 is 29.0 Å². The van der Waals surface area contributed by atoms with E-state index in [0.717, 1.165) is 85.7 Å². The number of aryl methyl sites for hydroxylation is 1. The van der Waals surface area contributed by atoms with Gasteiger partial charge in [-0.25, -0.2) is 0 Å². The molecule has 4 aromatic carbocycles. The van der Waals surface area contributed by atoms with Crippen molar-refractivity contribution in [2.75, 3.05) is 19.6 Å². The summed E-state index contributed by atoms with van der Waals surface area (Å²) >= 11 is 0. The van der Waals surface area contributed by atoms with Crippen molar-refractivity contribution in [2.45, 2.75) is 128 Å². The summed E-state index contributed by atoms with van der Waals surface area (Å²) in [6, 6.07) is 28.8. The fourth-order valence-corrected chi connectivity index (χ4v) is 11.9. The molecule has 10 rings (SSSR count). The standard InChI is InChI=1S/C53H60N4O6/c1-52(2,3)63-40-14-16-42-37(27-40)13-15-41(34-7-5-4-6-8-34)47(42)35-9-11-36(12-10-35)49(60)56-25-23-53(24-26-56)21-19-33(20-22-53)30-55-31-38-28-43-44(29-39(38)32-55)51(62)57(50(43)61)45-17-18-46(58)54-48(45)59/h4-12,14,16,27-29,33,41,45-47,58H,13,15,17-26,30-32H2,1-3H3,(H,54,59)/t41-,45?,46?,47+/m1/s1. The smallest absolute Gasteiger partial charge is 0.262 e. The van der Waals surface area contributed by atoms with E-state index < -0.39 is 30.0 Å². The van der Waals surface area contributed by atoms with Crippen LogP contribution >= 0.6 is 0 Å². The topological polar surface area (TPSA) is 119 Å². The first kappa shape index (κ1) is 41.7. The highest BCUT2D eigenvalue weighted by Gasteiger charge is 2.46. The monoisotopic (exact) mass is 848 g/mol. The van der Waals surface area contributed by atoms with Gasteiger partial charge in [0.2, 0.25) is 5.91 Å². The number of hydrogen-bond donors (Lipinski definition) is 2. The van der Waals surface area contributed by atoms with E-state index in [-0.39, 0.29) is 23.8 Å². The first-order valence-electron chi connectivity index (χ1n) is 23.3. The van der Waals surface area contributed by atoms with Crippen LogP contribution in [0.4, 0.5) is 0 Å². The highest BCUT2D eigenvalue weighted by molar-refractivity contribution is 6.23. The zero-order valence-corrected chi connectivity index (χ0v) is 36.9. The van der Waals surface area contributed by atoms with Crippen molar-refractivity contribution in [1.82, 2.24) is 20.0 Å². The average Bonchev–Trinajstić information content (AvgIpc) is 3.78. The lowest BCUT2D eigenvalue weighted by Crippen LogP contribution is -2.55. The van der Waals surface area contributed by atoms with Crippen molar-refractivity contribution in [3.63, 3.8) is 0 Å². The third kappa shape index (κ3) is 8.10. The summed E-state index contributed by atoms with van der Waals surface area (Å²) in [7, 11) is 0. The van der Waals surface area contributed by atoms with E-state index in [1.54, 1.807) is 0 Å². The fraction of sp³-hybridized carbons (Fsp3) is 0.472. The van der Waals surface area contributed by atoms with Gasteiger partial charge in [-0.3, -0.25) is 29.0 Å². The molecule has 6 aliphatic rings. The zero-order valence-electron chi connectivity index (χ0n) is 36.9. The Labute approximate surface area is 371 Å². The van der Waals surface area contributed by atoms with Crippen LogP contribution in [0.15, 0.2) is 84.9 Å². The van der Waals surface area contributed by atoms with Crippen LogP contribution in [0.25, 0.3) is 0 Å². The number of nitrogens with zero attached hydrogens (tertiary/aromatic N) is 3. The van der Waals surface area contributed by atoms with Gasteiger partial charge in [0.05, 0.1) is 11.1 Å². The number of rotatable bonds is 7. The molecule has 0 aromatic heterocycles. The van der Waals surface area contributed by atoms with E-state index in [9.17, 15) is 24.3 Å². The molecule has 4 heterocycles. The maximum atomic E-state index is 14.0. The molecule has 63 heavy (non-hydrogen) atoms. The second-order valence-corrected chi connectivity index (χ2v) is 20.4. The van der Waals surface area contributed by atoms with Gasteiger partial charge in [-0.15, -0.1) is 0 Å². The molecule has 4 atom stereocenters. The number of benzene rings is 4. The van der Waals surface area contributed by atoms with Crippen LogP contribution in [0, 0.1) is 11.3 Å². The third-order valence-electron chi connectivity index (χ3n) is 15.2. The molecular weight excluding hydrogens is 789 g/mol. The molecule has 10 nitrogen and oxygen atoms in total. The molecule has 4 aromatic rings. The molecule has 0 bridgehead atoms. The fourth-order valence-electron chi connectivity index (χ4n) is 11.9. The van der Waals surface area contributed by atoms with Crippen LogP contribution < -0.4 is 10.1 Å². The van der Waals surface area contributed by atoms with Gasteiger partial charge in [0.15, 0.2) is 0 Å². The molecule has 2 saturated heterocycles. The van der Waals surface area contributed by atoms with E-state index in [4.69, 9.17) is 4.74 Å². The molecular formula is C53H60N4O6. The zero-order chi connectivity index (χ0) is 43.6. The molecule has 2 unspecified atom stereocenters. The maximum Gasteiger partial charge on any atom is 0.262 e. The SMILES string of the molecule is CC(C)(C)Oc1ccc2c(c1)CC[C@H](c1ccccc1)[C@@H]2c1ccc(C(=O)N2CCC3(CCC(CN4Cc5cc6c(cc5C4)C(=O)N(C4CCC(O)NC4=O)C6=O)CC3)CC2)cc1. The Kier molecular flexibility index (Phi) is 10.8. The first-order valence-corrected chi connectivity index (χ1v) is 23.3. The number of carbonyl (C=O) groups excluding carboxylic acids is 4. The van der Waals surface area contributed by atoms with Crippen molar-refractivity contribution in [2.24, 2.45) is 11.3 Å². The molecule has 1 spiro atoms. The minimum Gasteiger partial charge on any atom is -0.488 e. The van der Waals surface area contributed by atoms with Crippen LogP contribution in [0.5, 0.6) is 5.75 Å². The number of piperidine rings is 2. The minimum absolute atomic E-state index is 0.132. The van der Waals surface area contributed by atoms with Crippen molar-refractivity contribution in [3.05, 3.63) is 135 Å². The van der Waals surface area contributed by atoms with Crippen LogP contribution in [0.1, 0.15) is 155 Å². The number of amides is 4. The Morgan fingerprint density at radius 1 is 0.762 bits per heavy atom. The summed E-state index contributed by atoms with van der Waals surface area (Å²) in [6.45, 7) is 10.3. The lowest BCUT2D eigenvalue weighted by molar-refractivity contribution is -0.131. The minimum atomic E-state index is -0.946. The maximum absolute atomic E-state index is 14.0. The van der Waals surface area contributed by atoms with Gasteiger partial charge in [-0.1, -0.05) is 48.5 Å². The Morgan fingerprint density at radius 3 is 2.06 bits per heavy atom. The lowest BCUT2D eigenvalue weighted by Gasteiger charge is -2.46. The second kappa shape index (κ2) is 16.3. The lowest BCUT2D eigenvalue weighted by atomic mass is 9.65. The largest absolute Gasteiger partial charge is 0.488 e. The number of ether oxygens (including phenoxy) is 1. The summed E-state index contributed by atoms with van der Waals surface area (Å²) in [5.41, 5.74) is 9.00. The number of hydrogen-bond acceptors (Lipinski definition) is 7. The van der Waals surface area contributed by atoms with E-state index in [2.05, 4.69) is 109 Å². The van der Waals surface area contributed by atoms with E-state index in [0.29, 0.717) is 34.8 Å². The summed E-state index contributed by atoms with van der Waals surface area (Å²) < 4.78 is 6.26. The predicted octanol–water partition coefficient (Wildman–Crippen LogP) is 8.35. The molecule has 4 aliphatic heterocycles. The molecule has 0 radical (unpaired) electrons. The molecule has 1 saturated carbocycles. The second-order valence-electron chi connectivity index (χ2n) is 20.4. The van der Waals surface area contributed by atoms with Crippen molar-refractivity contribution in [3.8, 4) is 5.75 Å². The number of fused-ring (bicyclic) bond motifs is 3. The third-order valence-corrected chi connectivity index (χ3v) is 15.2. The molecule has 10 heteroatoms. The van der Waals surface area contributed by atoms with Crippen molar-refractivity contribution in [1.29, 1.82) is 0 Å². The van der Waals surface area contributed by atoms with Gasteiger partial charge in [0.1, 0.15) is 23.6 Å². The number of carbonyl (C=O) groups is 4. The Hall–Kier alpha value is -5.32. The molecule has 328 valence electrons. The summed E-state index contributed by atoms with van der Waals surface area (Å²) in [5, 5.41) is 12.3. The van der Waals surface area contributed by atoms with Crippen LogP contribution in [0.2, 0.25) is 0 Å². The van der Waals surface area contributed by atoms with Gasteiger partial charge >= 0.3 is 0 Å². The predicted molar refractivity (Wildman–Crippen MR) is 240 cm³/mol. The average molecular weight is 849 g/mol. The molecule has 2 aliphatic carbocycles. The van der Waals surface area contributed by atoms with Crippen LogP contribution in [0.3, 0.4) is 0 Å². The van der Waals surface area contributed by atoms with E-state index in [1.807, 2.05) is 12.1 Å². The Bertz CT molecular complexity index is 2380. The highest BCUT2D eigenvalue weighted by Crippen LogP contribution is 2.49. The number of imide groups is 1. The van der Waals surface area contributed by atoms with Gasteiger partial charge in [-0.2, -0.15) is 0 Å². The Balaban J connectivity index is 0.737. The van der Waals surface area contributed by atoms with Crippen LogP contribution in [-0.4, -0.2) is 80.9 Å². The van der Waals surface area contributed by atoms with Gasteiger partial charge in [0.25, 0.3) is 17.7 Å². The number of nitrogens with one attached hydrogen (secondary N) is 1. The summed E-state index contributed by atoms with van der Waals surface area (Å²) in [4.78, 5) is 59.0.